The van der Waals surface area contributed by atoms with E-state index in [0.717, 1.165) is 13.1 Å². The van der Waals surface area contributed by atoms with E-state index in [1.54, 1.807) is 0 Å². The molecule has 3 heteroatoms. The van der Waals surface area contributed by atoms with Crippen LogP contribution in [0.2, 0.25) is 0 Å². The number of likely N-dealkylation sites (N-methyl/N-ethyl adjacent to an activating group) is 1. The fourth-order valence-corrected chi connectivity index (χ4v) is 1.73. The molecule has 0 bridgehead atoms. The second kappa shape index (κ2) is 6.45. The van der Waals surface area contributed by atoms with Gasteiger partial charge in [0.15, 0.2) is 0 Å². The van der Waals surface area contributed by atoms with Crippen LogP contribution in [0.3, 0.4) is 0 Å². The van der Waals surface area contributed by atoms with Crippen molar-refractivity contribution in [3.8, 4) is 0 Å². The van der Waals surface area contributed by atoms with Gasteiger partial charge in [-0.05, 0) is 61.3 Å². The minimum atomic E-state index is 0.432. The van der Waals surface area contributed by atoms with Crippen molar-refractivity contribution in [3.05, 3.63) is 33.4 Å². The summed E-state index contributed by atoms with van der Waals surface area (Å²) in [5.41, 5.74) is 1.36. The first-order chi connectivity index (χ1) is 7.09. The van der Waals surface area contributed by atoms with Crippen LogP contribution in [-0.2, 0) is 0 Å². The molecule has 1 atom stereocenters. The van der Waals surface area contributed by atoms with Crippen molar-refractivity contribution in [2.24, 2.45) is 0 Å². The maximum Gasteiger partial charge on any atom is 0.0292 e. The van der Waals surface area contributed by atoms with Crippen LogP contribution in [0, 0.1) is 3.57 Å². The van der Waals surface area contributed by atoms with E-state index in [1.807, 2.05) is 0 Å². The molecule has 0 aliphatic rings. The van der Waals surface area contributed by atoms with Crippen LogP contribution in [-0.4, -0.2) is 32.1 Å². The van der Waals surface area contributed by atoms with Gasteiger partial charge >= 0.3 is 0 Å². The summed E-state index contributed by atoms with van der Waals surface area (Å²) in [6, 6.07) is 9.12. The molecule has 0 radical (unpaired) electrons. The second-order valence-corrected chi connectivity index (χ2v) is 5.28. The Morgan fingerprint density at radius 1 is 1.27 bits per heavy atom. The maximum atomic E-state index is 3.51. The van der Waals surface area contributed by atoms with Gasteiger partial charge in [0, 0.05) is 22.7 Å². The SMILES string of the molecule is CC(NCCN(C)C)c1ccc(I)cc1. The van der Waals surface area contributed by atoms with Gasteiger partial charge in [-0.1, -0.05) is 12.1 Å². The third-order valence-electron chi connectivity index (χ3n) is 2.38. The van der Waals surface area contributed by atoms with Crippen LogP contribution in [0.15, 0.2) is 24.3 Å². The van der Waals surface area contributed by atoms with Gasteiger partial charge in [0.05, 0.1) is 0 Å². The highest BCUT2D eigenvalue weighted by Crippen LogP contribution is 2.13. The summed E-state index contributed by atoms with van der Waals surface area (Å²) in [4.78, 5) is 2.19. The van der Waals surface area contributed by atoms with Crippen molar-refractivity contribution < 1.29 is 0 Å². The average Bonchev–Trinajstić information content (AvgIpc) is 2.18. The highest BCUT2D eigenvalue weighted by molar-refractivity contribution is 14.1. The summed E-state index contributed by atoms with van der Waals surface area (Å²) in [5.74, 6) is 0. The zero-order valence-corrected chi connectivity index (χ0v) is 11.8. The molecule has 2 nitrogen and oxygen atoms in total. The normalized spacial score (nSPS) is 13.1. The van der Waals surface area contributed by atoms with Gasteiger partial charge < -0.3 is 10.2 Å². The molecular weight excluding hydrogens is 299 g/mol. The van der Waals surface area contributed by atoms with Gasteiger partial charge in [-0.25, -0.2) is 0 Å². The molecule has 15 heavy (non-hydrogen) atoms. The van der Waals surface area contributed by atoms with Crippen LogP contribution in [0.1, 0.15) is 18.5 Å². The molecular formula is C12H19IN2. The molecule has 0 saturated carbocycles. The number of hydrogen-bond donors (Lipinski definition) is 1. The predicted octanol–water partition coefficient (Wildman–Crippen LogP) is 2.50. The number of benzene rings is 1. The molecule has 1 aromatic rings. The summed E-state index contributed by atoms with van der Waals surface area (Å²) < 4.78 is 1.29. The molecule has 0 aliphatic carbocycles. The minimum Gasteiger partial charge on any atom is -0.309 e. The monoisotopic (exact) mass is 318 g/mol. The second-order valence-electron chi connectivity index (χ2n) is 4.03. The quantitative estimate of drug-likeness (QED) is 0.839. The number of rotatable bonds is 5. The zero-order valence-electron chi connectivity index (χ0n) is 9.63. The summed E-state index contributed by atoms with van der Waals surface area (Å²) in [6.07, 6.45) is 0. The van der Waals surface area contributed by atoms with Crippen LogP contribution >= 0.6 is 22.6 Å². The van der Waals surface area contributed by atoms with Crippen molar-refractivity contribution in [3.63, 3.8) is 0 Å². The first kappa shape index (κ1) is 12.9. The molecule has 0 saturated heterocycles. The standard InChI is InChI=1S/C12H19IN2/c1-10(14-8-9-15(2)3)11-4-6-12(13)7-5-11/h4-7,10,14H,8-9H2,1-3H3. The van der Waals surface area contributed by atoms with E-state index < -0.39 is 0 Å². The van der Waals surface area contributed by atoms with Crippen molar-refractivity contribution >= 4 is 22.6 Å². The van der Waals surface area contributed by atoms with E-state index in [4.69, 9.17) is 0 Å². The van der Waals surface area contributed by atoms with Crippen molar-refractivity contribution in [2.75, 3.05) is 27.2 Å². The Bertz CT molecular complexity index is 282. The third-order valence-corrected chi connectivity index (χ3v) is 3.10. The summed E-state index contributed by atoms with van der Waals surface area (Å²) >= 11 is 2.33. The number of nitrogens with zero attached hydrogens (tertiary/aromatic N) is 1. The Hall–Kier alpha value is -0.130. The van der Waals surface area contributed by atoms with Gasteiger partial charge in [0.1, 0.15) is 0 Å². The summed E-state index contributed by atoms with van der Waals surface area (Å²) in [5, 5.41) is 3.51. The van der Waals surface area contributed by atoms with E-state index in [1.165, 1.54) is 9.13 Å². The van der Waals surface area contributed by atoms with E-state index >= 15 is 0 Å². The molecule has 1 N–H and O–H groups in total. The molecule has 1 rings (SSSR count). The number of halogens is 1. The van der Waals surface area contributed by atoms with Crippen LogP contribution in [0.5, 0.6) is 0 Å². The third kappa shape index (κ3) is 4.95. The Kier molecular flexibility index (Phi) is 5.56. The largest absolute Gasteiger partial charge is 0.309 e. The van der Waals surface area contributed by atoms with Crippen molar-refractivity contribution in [1.29, 1.82) is 0 Å². The summed E-state index contributed by atoms with van der Waals surface area (Å²) in [6.45, 7) is 4.31. The lowest BCUT2D eigenvalue weighted by Gasteiger charge is -2.16. The average molecular weight is 318 g/mol. The van der Waals surface area contributed by atoms with Gasteiger partial charge in [-0.15, -0.1) is 0 Å². The topological polar surface area (TPSA) is 15.3 Å². The van der Waals surface area contributed by atoms with Crippen molar-refractivity contribution in [1.82, 2.24) is 10.2 Å². The molecule has 0 heterocycles. The van der Waals surface area contributed by atoms with Gasteiger partial charge in [-0.3, -0.25) is 0 Å². The highest BCUT2D eigenvalue weighted by Gasteiger charge is 2.03. The van der Waals surface area contributed by atoms with Crippen LogP contribution < -0.4 is 5.32 Å². The Morgan fingerprint density at radius 3 is 2.40 bits per heavy atom. The summed E-state index contributed by atoms with van der Waals surface area (Å²) in [7, 11) is 4.19. The molecule has 0 aliphatic heterocycles. The first-order valence-electron chi connectivity index (χ1n) is 5.23. The highest BCUT2D eigenvalue weighted by atomic mass is 127. The number of nitrogens with one attached hydrogen (secondary N) is 1. The van der Waals surface area contributed by atoms with E-state index in [-0.39, 0.29) is 0 Å². The Morgan fingerprint density at radius 2 is 1.87 bits per heavy atom. The predicted molar refractivity (Wildman–Crippen MR) is 74.1 cm³/mol. The van der Waals surface area contributed by atoms with E-state index in [2.05, 4.69) is 78.1 Å². The zero-order chi connectivity index (χ0) is 11.3. The molecule has 84 valence electrons. The smallest absolute Gasteiger partial charge is 0.0292 e. The van der Waals surface area contributed by atoms with Crippen LogP contribution in [0.25, 0.3) is 0 Å². The maximum absolute atomic E-state index is 3.51. The first-order valence-corrected chi connectivity index (χ1v) is 6.31. The fourth-order valence-electron chi connectivity index (χ4n) is 1.37. The van der Waals surface area contributed by atoms with E-state index in [9.17, 15) is 0 Å². The fraction of sp³-hybridized carbons (Fsp3) is 0.500. The van der Waals surface area contributed by atoms with E-state index in [0.29, 0.717) is 6.04 Å². The lowest BCUT2D eigenvalue weighted by molar-refractivity contribution is 0.389. The molecule has 1 unspecified atom stereocenters. The van der Waals surface area contributed by atoms with Crippen LogP contribution in [0.4, 0.5) is 0 Å². The van der Waals surface area contributed by atoms with Gasteiger partial charge in [0.2, 0.25) is 0 Å². The molecule has 0 fully saturated rings. The Balaban J connectivity index is 2.40. The molecule has 0 aromatic heterocycles. The molecule has 0 spiro atoms. The Labute approximate surface area is 106 Å². The molecule has 1 aromatic carbocycles. The van der Waals surface area contributed by atoms with Gasteiger partial charge in [-0.2, -0.15) is 0 Å². The van der Waals surface area contributed by atoms with Gasteiger partial charge in [0.25, 0.3) is 0 Å². The lowest BCUT2D eigenvalue weighted by atomic mass is 10.1. The lowest BCUT2D eigenvalue weighted by Crippen LogP contribution is -2.28. The molecule has 0 amide bonds. The van der Waals surface area contributed by atoms with Crippen molar-refractivity contribution in [2.45, 2.75) is 13.0 Å². The number of hydrogen-bond acceptors (Lipinski definition) is 2. The minimum absolute atomic E-state index is 0.432.